The second kappa shape index (κ2) is 4.82. The molecule has 0 saturated carbocycles. The smallest absolute Gasteiger partial charge is 0.136 e. The van der Waals surface area contributed by atoms with Crippen LogP contribution in [0.4, 0.5) is 8.78 Å². The normalized spacial score (nSPS) is 11.4. The summed E-state index contributed by atoms with van der Waals surface area (Å²) in [5, 5.41) is 1.66. The largest absolute Gasteiger partial charge is 0.309 e. The van der Waals surface area contributed by atoms with Crippen LogP contribution in [0.2, 0.25) is 5.02 Å². The van der Waals surface area contributed by atoms with Crippen LogP contribution in [0, 0.1) is 11.6 Å². The quantitative estimate of drug-likeness (QED) is 0.424. The van der Waals surface area contributed by atoms with Gasteiger partial charge in [0.15, 0.2) is 0 Å². The van der Waals surface area contributed by atoms with Crippen molar-refractivity contribution in [2.24, 2.45) is 0 Å². The number of fused-ring (bicyclic) bond motifs is 3. The number of hydrogen-bond donors (Lipinski definition) is 0. The molecule has 4 heteroatoms. The summed E-state index contributed by atoms with van der Waals surface area (Å²) in [6, 6.07) is 16.9. The summed E-state index contributed by atoms with van der Waals surface area (Å²) in [6.07, 6.45) is 0. The third-order valence-electron chi connectivity index (χ3n) is 3.76. The highest BCUT2D eigenvalue weighted by Crippen LogP contribution is 2.35. The third-order valence-corrected chi connectivity index (χ3v) is 3.99. The summed E-state index contributed by atoms with van der Waals surface area (Å²) in [5.41, 5.74) is 2.06. The van der Waals surface area contributed by atoms with Crippen LogP contribution in [-0.2, 0) is 0 Å². The van der Waals surface area contributed by atoms with Crippen molar-refractivity contribution in [1.82, 2.24) is 4.57 Å². The Morgan fingerprint density at radius 3 is 2.36 bits per heavy atom. The third kappa shape index (κ3) is 1.90. The van der Waals surface area contributed by atoms with Crippen LogP contribution in [-0.4, -0.2) is 4.57 Å². The molecule has 108 valence electrons. The van der Waals surface area contributed by atoms with Crippen molar-refractivity contribution in [1.29, 1.82) is 0 Å². The van der Waals surface area contributed by atoms with Gasteiger partial charge < -0.3 is 4.57 Å². The van der Waals surface area contributed by atoms with Gasteiger partial charge in [0.05, 0.1) is 11.0 Å². The Kier molecular flexibility index (Phi) is 2.91. The fraction of sp³-hybridized carbons (Fsp3) is 0. The SMILES string of the molecule is Fc1cc(F)c2c3ccc(Cl)cc3n(-c3ccccc3)c2c1. The molecule has 0 unspecified atom stereocenters. The highest BCUT2D eigenvalue weighted by atomic mass is 35.5. The Morgan fingerprint density at radius 2 is 1.59 bits per heavy atom. The molecule has 0 N–H and O–H groups in total. The van der Waals surface area contributed by atoms with Gasteiger partial charge in [0.1, 0.15) is 11.6 Å². The van der Waals surface area contributed by atoms with E-state index >= 15 is 0 Å². The first-order valence-electron chi connectivity index (χ1n) is 6.79. The molecule has 4 aromatic rings. The van der Waals surface area contributed by atoms with Gasteiger partial charge in [-0.25, -0.2) is 8.78 Å². The lowest BCUT2D eigenvalue weighted by Gasteiger charge is -2.07. The molecule has 0 fully saturated rings. The average Bonchev–Trinajstić information content (AvgIpc) is 2.81. The van der Waals surface area contributed by atoms with Crippen LogP contribution in [0.15, 0.2) is 60.7 Å². The first-order valence-corrected chi connectivity index (χ1v) is 7.17. The van der Waals surface area contributed by atoms with E-state index in [0.717, 1.165) is 17.3 Å². The predicted octanol–water partition coefficient (Wildman–Crippen LogP) is 5.72. The predicted molar refractivity (Wildman–Crippen MR) is 85.7 cm³/mol. The molecule has 1 aromatic heterocycles. The van der Waals surface area contributed by atoms with Gasteiger partial charge >= 0.3 is 0 Å². The molecule has 0 atom stereocenters. The van der Waals surface area contributed by atoms with Gasteiger partial charge in [0, 0.05) is 27.5 Å². The molecule has 3 aromatic carbocycles. The van der Waals surface area contributed by atoms with Gasteiger partial charge in [0.25, 0.3) is 0 Å². The van der Waals surface area contributed by atoms with Crippen LogP contribution >= 0.6 is 11.6 Å². The van der Waals surface area contributed by atoms with Crippen LogP contribution < -0.4 is 0 Å². The monoisotopic (exact) mass is 313 g/mol. The van der Waals surface area contributed by atoms with Crippen molar-refractivity contribution in [2.75, 3.05) is 0 Å². The zero-order valence-corrected chi connectivity index (χ0v) is 12.1. The highest BCUT2D eigenvalue weighted by molar-refractivity contribution is 6.31. The summed E-state index contributed by atoms with van der Waals surface area (Å²) >= 11 is 6.10. The Morgan fingerprint density at radius 1 is 0.818 bits per heavy atom. The molecule has 4 rings (SSSR count). The van der Waals surface area contributed by atoms with Crippen molar-refractivity contribution in [3.05, 3.63) is 77.3 Å². The Balaban J connectivity index is 2.27. The molecular weight excluding hydrogens is 304 g/mol. The van der Waals surface area contributed by atoms with E-state index < -0.39 is 11.6 Å². The second-order valence-electron chi connectivity index (χ2n) is 5.11. The molecule has 0 saturated heterocycles. The van der Waals surface area contributed by atoms with E-state index in [1.54, 1.807) is 18.2 Å². The van der Waals surface area contributed by atoms with Gasteiger partial charge in [-0.3, -0.25) is 0 Å². The average molecular weight is 314 g/mol. The van der Waals surface area contributed by atoms with Crippen molar-refractivity contribution < 1.29 is 8.78 Å². The van der Waals surface area contributed by atoms with E-state index in [-0.39, 0.29) is 0 Å². The second-order valence-corrected chi connectivity index (χ2v) is 5.55. The van der Waals surface area contributed by atoms with Crippen molar-refractivity contribution in [3.63, 3.8) is 0 Å². The van der Waals surface area contributed by atoms with E-state index in [2.05, 4.69) is 0 Å². The van der Waals surface area contributed by atoms with Gasteiger partial charge in [-0.15, -0.1) is 0 Å². The Bertz CT molecular complexity index is 1010. The number of hydrogen-bond acceptors (Lipinski definition) is 0. The topological polar surface area (TPSA) is 4.93 Å². The number of benzene rings is 3. The molecule has 0 spiro atoms. The molecule has 0 amide bonds. The zero-order valence-electron chi connectivity index (χ0n) is 11.4. The summed E-state index contributed by atoms with van der Waals surface area (Å²) in [4.78, 5) is 0. The Labute approximate surface area is 130 Å². The maximum Gasteiger partial charge on any atom is 0.136 e. The Hall–Kier alpha value is -2.39. The minimum absolute atomic E-state index is 0.400. The van der Waals surface area contributed by atoms with E-state index in [1.165, 1.54) is 6.07 Å². The van der Waals surface area contributed by atoms with E-state index in [1.807, 2.05) is 34.9 Å². The zero-order chi connectivity index (χ0) is 15.3. The maximum atomic E-state index is 14.3. The van der Waals surface area contributed by atoms with Crippen molar-refractivity contribution >= 4 is 33.4 Å². The van der Waals surface area contributed by atoms with Crippen LogP contribution in [0.5, 0.6) is 0 Å². The highest BCUT2D eigenvalue weighted by Gasteiger charge is 2.16. The maximum absolute atomic E-state index is 14.3. The fourth-order valence-corrected chi connectivity index (χ4v) is 3.06. The lowest BCUT2D eigenvalue weighted by atomic mass is 10.1. The number of rotatable bonds is 1. The van der Waals surface area contributed by atoms with Crippen LogP contribution in [0.25, 0.3) is 27.5 Å². The molecule has 0 aliphatic heterocycles. The van der Waals surface area contributed by atoms with Crippen molar-refractivity contribution in [2.45, 2.75) is 0 Å². The molecule has 0 aliphatic carbocycles. The minimum atomic E-state index is -0.601. The number of aromatic nitrogens is 1. The number of halogens is 3. The molecule has 1 nitrogen and oxygen atoms in total. The van der Waals surface area contributed by atoms with Crippen molar-refractivity contribution in [3.8, 4) is 5.69 Å². The van der Waals surface area contributed by atoms with E-state index in [0.29, 0.717) is 21.3 Å². The van der Waals surface area contributed by atoms with Gasteiger partial charge in [-0.2, -0.15) is 0 Å². The van der Waals surface area contributed by atoms with E-state index in [4.69, 9.17) is 11.6 Å². The number of nitrogens with zero attached hydrogens (tertiary/aromatic N) is 1. The van der Waals surface area contributed by atoms with Gasteiger partial charge in [-0.1, -0.05) is 35.9 Å². The van der Waals surface area contributed by atoms with Gasteiger partial charge in [-0.05, 0) is 30.3 Å². The van der Waals surface area contributed by atoms with Gasteiger partial charge in [0.2, 0.25) is 0 Å². The summed E-state index contributed by atoms with van der Waals surface area (Å²) in [5.74, 6) is -1.17. The molecule has 0 radical (unpaired) electrons. The molecule has 0 aliphatic rings. The minimum Gasteiger partial charge on any atom is -0.309 e. The standard InChI is InChI=1S/C18H10ClF2N/c19-11-6-7-14-16(8-11)22(13-4-2-1-3-5-13)17-10-12(20)9-15(21)18(14)17/h1-10H. The van der Waals surface area contributed by atoms with Crippen LogP contribution in [0.3, 0.4) is 0 Å². The summed E-state index contributed by atoms with van der Waals surface area (Å²) < 4.78 is 29.9. The molecule has 1 heterocycles. The molecule has 0 bridgehead atoms. The first kappa shape index (κ1) is 13.3. The summed E-state index contributed by atoms with van der Waals surface area (Å²) in [7, 11) is 0. The van der Waals surface area contributed by atoms with E-state index in [9.17, 15) is 8.78 Å². The first-order chi connectivity index (χ1) is 10.6. The fourth-order valence-electron chi connectivity index (χ4n) is 2.89. The van der Waals surface area contributed by atoms with Crippen LogP contribution in [0.1, 0.15) is 0 Å². The molecule has 22 heavy (non-hydrogen) atoms. The molecular formula is C18H10ClF2N. The number of para-hydroxylation sites is 1. The lowest BCUT2D eigenvalue weighted by molar-refractivity contribution is 0.592. The lowest BCUT2D eigenvalue weighted by Crippen LogP contribution is -1.94. The summed E-state index contributed by atoms with van der Waals surface area (Å²) in [6.45, 7) is 0.